The van der Waals surface area contributed by atoms with Crippen LogP contribution in [0.15, 0.2) is 42.5 Å². The van der Waals surface area contributed by atoms with E-state index in [4.69, 9.17) is 11.6 Å². The minimum atomic E-state index is -0.742. The van der Waals surface area contributed by atoms with Gasteiger partial charge in [0.05, 0.1) is 16.0 Å². The summed E-state index contributed by atoms with van der Waals surface area (Å²) >= 11 is 6.43. The summed E-state index contributed by atoms with van der Waals surface area (Å²) in [4.78, 5) is 31.4. The highest BCUT2D eigenvalue weighted by atomic mass is 35.5. The molecule has 2 saturated heterocycles. The minimum absolute atomic E-state index is 0.0782. The standard InChI is InChI=1S/C29H37ClFN3O2/c1-29(2,22-6-5-7-23(31)18-22)28(36)34-16-12-21(13-17-34)20-10-14-33(15-11-20)24-8-9-25(26(30)19-24)27(35)32(3)4/h5-9,18-21H,10-17H2,1-4H3. The fourth-order valence-electron chi connectivity index (χ4n) is 5.71. The van der Waals surface area contributed by atoms with Crippen molar-refractivity contribution in [2.75, 3.05) is 45.2 Å². The number of carbonyl (C=O) groups is 2. The molecule has 2 aromatic carbocycles. The van der Waals surface area contributed by atoms with Crippen LogP contribution in [0.1, 0.15) is 55.5 Å². The molecule has 0 aromatic heterocycles. The number of rotatable bonds is 5. The quantitative estimate of drug-likeness (QED) is 0.521. The van der Waals surface area contributed by atoms with Gasteiger partial charge in [-0.15, -0.1) is 0 Å². The van der Waals surface area contributed by atoms with Crippen LogP contribution in [0.4, 0.5) is 10.1 Å². The predicted octanol–water partition coefficient (Wildman–Crippen LogP) is 5.61. The third kappa shape index (κ3) is 5.54. The molecule has 0 bridgehead atoms. The summed E-state index contributed by atoms with van der Waals surface area (Å²) in [6.45, 7) is 7.24. The fourth-order valence-corrected chi connectivity index (χ4v) is 5.97. The normalized spacial score (nSPS) is 17.8. The number of nitrogens with zero attached hydrogens (tertiary/aromatic N) is 3. The maximum Gasteiger partial charge on any atom is 0.254 e. The first-order chi connectivity index (χ1) is 17.1. The van der Waals surface area contributed by atoms with E-state index in [0.29, 0.717) is 22.4 Å². The first kappa shape index (κ1) is 26.5. The van der Waals surface area contributed by atoms with Crippen LogP contribution >= 0.6 is 11.6 Å². The molecule has 2 aliphatic rings. The fraction of sp³-hybridized carbons (Fsp3) is 0.517. The average molecular weight is 514 g/mol. The number of carbonyl (C=O) groups excluding carboxylic acids is 2. The molecule has 2 heterocycles. The van der Waals surface area contributed by atoms with Crippen LogP contribution < -0.4 is 4.90 Å². The number of piperidine rings is 2. The van der Waals surface area contributed by atoms with E-state index in [2.05, 4.69) is 4.90 Å². The van der Waals surface area contributed by atoms with E-state index in [9.17, 15) is 14.0 Å². The molecule has 2 amide bonds. The van der Waals surface area contributed by atoms with Gasteiger partial charge in [0, 0.05) is 46.0 Å². The van der Waals surface area contributed by atoms with Gasteiger partial charge in [-0.05, 0) is 87.3 Å². The van der Waals surface area contributed by atoms with Gasteiger partial charge < -0.3 is 14.7 Å². The molecule has 4 rings (SSSR count). The summed E-state index contributed by atoms with van der Waals surface area (Å²) in [5.74, 6) is 0.958. The maximum atomic E-state index is 13.7. The van der Waals surface area contributed by atoms with Crippen molar-refractivity contribution >= 4 is 29.1 Å². The van der Waals surface area contributed by atoms with Crippen LogP contribution in [-0.4, -0.2) is 61.9 Å². The van der Waals surface area contributed by atoms with Crippen LogP contribution in [0.3, 0.4) is 0 Å². The molecule has 0 N–H and O–H groups in total. The van der Waals surface area contributed by atoms with Crippen molar-refractivity contribution in [3.05, 3.63) is 64.4 Å². The molecule has 0 unspecified atom stereocenters. The van der Waals surface area contributed by atoms with E-state index < -0.39 is 5.41 Å². The molecule has 194 valence electrons. The van der Waals surface area contributed by atoms with Crippen molar-refractivity contribution in [3.63, 3.8) is 0 Å². The van der Waals surface area contributed by atoms with E-state index in [0.717, 1.165) is 63.1 Å². The number of hydrogen-bond donors (Lipinski definition) is 0. The third-order valence-electron chi connectivity index (χ3n) is 8.07. The Kier molecular flexibility index (Phi) is 7.93. The Morgan fingerprint density at radius 3 is 2.11 bits per heavy atom. The van der Waals surface area contributed by atoms with Crippen LogP contribution in [0.25, 0.3) is 0 Å². The molecule has 2 aliphatic heterocycles. The second-order valence-corrected chi connectivity index (χ2v) is 11.4. The SMILES string of the molecule is CN(C)C(=O)c1ccc(N2CCC(C3CCN(C(=O)C(C)(C)c4cccc(F)c4)CC3)CC2)cc1Cl. The zero-order chi connectivity index (χ0) is 26.0. The number of hydrogen-bond acceptors (Lipinski definition) is 3. The largest absolute Gasteiger partial charge is 0.371 e. The van der Waals surface area contributed by atoms with Gasteiger partial charge in [0.1, 0.15) is 5.82 Å². The molecule has 0 atom stereocenters. The lowest BCUT2D eigenvalue weighted by Gasteiger charge is -2.42. The molecule has 2 aromatic rings. The van der Waals surface area contributed by atoms with E-state index in [1.165, 1.54) is 17.0 Å². The Bertz CT molecular complexity index is 1100. The van der Waals surface area contributed by atoms with E-state index in [1.807, 2.05) is 43.0 Å². The predicted molar refractivity (Wildman–Crippen MR) is 143 cm³/mol. The van der Waals surface area contributed by atoms with Crippen molar-refractivity contribution in [1.29, 1.82) is 0 Å². The summed E-state index contributed by atoms with van der Waals surface area (Å²) in [5, 5.41) is 0.492. The molecule has 36 heavy (non-hydrogen) atoms. The van der Waals surface area contributed by atoms with E-state index in [-0.39, 0.29) is 17.6 Å². The summed E-state index contributed by atoms with van der Waals surface area (Å²) in [6.07, 6.45) is 4.26. The minimum Gasteiger partial charge on any atom is -0.371 e. The Morgan fingerprint density at radius 1 is 0.944 bits per heavy atom. The van der Waals surface area contributed by atoms with Gasteiger partial charge in [0.15, 0.2) is 0 Å². The highest BCUT2D eigenvalue weighted by Crippen LogP contribution is 2.36. The Hall–Kier alpha value is -2.60. The number of anilines is 1. The Labute approximate surface area is 219 Å². The Morgan fingerprint density at radius 2 is 1.56 bits per heavy atom. The second kappa shape index (κ2) is 10.8. The molecule has 0 saturated carbocycles. The smallest absolute Gasteiger partial charge is 0.254 e. The van der Waals surface area contributed by atoms with Crippen molar-refractivity contribution < 1.29 is 14.0 Å². The molecule has 7 heteroatoms. The molecule has 5 nitrogen and oxygen atoms in total. The topological polar surface area (TPSA) is 43.9 Å². The van der Waals surface area contributed by atoms with Crippen molar-refractivity contribution in [2.45, 2.75) is 44.9 Å². The second-order valence-electron chi connectivity index (χ2n) is 11.0. The molecule has 0 spiro atoms. The van der Waals surface area contributed by atoms with Gasteiger partial charge in [-0.1, -0.05) is 23.7 Å². The van der Waals surface area contributed by atoms with Crippen molar-refractivity contribution in [1.82, 2.24) is 9.80 Å². The number of halogens is 2. The summed E-state index contributed by atoms with van der Waals surface area (Å²) in [7, 11) is 3.45. The highest BCUT2D eigenvalue weighted by molar-refractivity contribution is 6.34. The number of amides is 2. The first-order valence-electron chi connectivity index (χ1n) is 12.9. The zero-order valence-electron chi connectivity index (χ0n) is 21.8. The molecular weight excluding hydrogens is 477 g/mol. The molecule has 2 fully saturated rings. The third-order valence-corrected chi connectivity index (χ3v) is 8.38. The van der Waals surface area contributed by atoms with Crippen molar-refractivity contribution in [2.24, 2.45) is 11.8 Å². The Balaban J connectivity index is 1.30. The van der Waals surface area contributed by atoms with Crippen molar-refractivity contribution in [3.8, 4) is 0 Å². The zero-order valence-corrected chi connectivity index (χ0v) is 22.5. The van der Waals surface area contributed by atoms with Gasteiger partial charge in [-0.3, -0.25) is 9.59 Å². The first-order valence-corrected chi connectivity index (χ1v) is 13.3. The lowest BCUT2D eigenvalue weighted by molar-refractivity contribution is -0.138. The lowest BCUT2D eigenvalue weighted by atomic mass is 9.77. The summed E-state index contributed by atoms with van der Waals surface area (Å²) < 4.78 is 13.7. The summed E-state index contributed by atoms with van der Waals surface area (Å²) in [6, 6.07) is 12.1. The number of benzene rings is 2. The number of likely N-dealkylation sites (tertiary alicyclic amines) is 1. The van der Waals surface area contributed by atoms with Gasteiger partial charge in [-0.2, -0.15) is 0 Å². The lowest BCUT2D eigenvalue weighted by Crippen LogP contribution is -2.48. The van der Waals surface area contributed by atoms with Gasteiger partial charge in [0.25, 0.3) is 5.91 Å². The van der Waals surface area contributed by atoms with Gasteiger partial charge in [-0.25, -0.2) is 4.39 Å². The van der Waals surface area contributed by atoms with Crippen LogP contribution in [-0.2, 0) is 10.2 Å². The monoisotopic (exact) mass is 513 g/mol. The average Bonchev–Trinajstić information content (AvgIpc) is 2.88. The van der Waals surface area contributed by atoms with E-state index in [1.54, 1.807) is 20.2 Å². The maximum absolute atomic E-state index is 13.7. The molecule has 0 aliphatic carbocycles. The van der Waals surface area contributed by atoms with E-state index >= 15 is 0 Å². The molecular formula is C29H37ClFN3O2. The van der Waals surface area contributed by atoms with Crippen LogP contribution in [0, 0.1) is 17.7 Å². The molecule has 0 radical (unpaired) electrons. The van der Waals surface area contributed by atoms with Gasteiger partial charge >= 0.3 is 0 Å². The van der Waals surface area contributed by atoms with Crippen LogP contribution in [0.5, 0.6) is 0 Å². The summed E-state index contributed by atoms with van der Waals surface area (Å²) in [5.41, 5.74) is 1.57. The van der Waals surface area contributed by atoms with Gasteiger partial charge in [0.2, 0.25) is 5.91 Å². The van der Waals surface area contributed by atoms with Crippen LogP contribution in [0.2, 0.25) is 5.02 Å². The highest BCUT2D eigenvalue weighted by Gasteiger charge is 2.37.